The van der Waals surface area contributed by atoms with Crippen molar-refractivity contribution in [3.05, 3.63) is 23.2 Å². The maximum Gasteiger partial charge on any atom is 0.393 e. The van der Waals surface area contributed by atoms with Crippen LogP contribution in [-0.4, -0.2) is 68.3 Å². The number of hydrogen-bond donors (Lipinski definition) is 1. The molecule has 0 aliphatic carbocycles. The van der Waals surface area contributed by atoms with Crippen molar-refractivity contribution in [3.8, 4) is 0 Å². The maximum absolute atomic E-state index is 13.0. The number of anilines is 1. The monoisotopic (exact) mass is 471 g/mol. The number of ether oxygens (including phenoxy) is 1. The van der Waals surface area contributed by atoms with E-state index in [1.807, 2.05) is 0 Å². The van der Waals surface area contributed by atoms with E-state index in [1.165, 1.54) is 27.4 Å². The van der Waals surface area contributed by atoms with Crippen LogP contribution in [0.4, 0.5) is 18.9 Å². The van der Waals surface area contributed by atoms with Gasteiger partial charge in [0.1, 0.15) is 0 Å². The number of thiocarbonyl (C=S) groups is 1. The molecule has 1 unspecified atom stereocenters. The van der Waals surface area contributed by atoms with Crippen molar-refractivity contribution < 1.29 is 26.3 Å². The first-order valence-electron chi connectivity index (χ1n) is 9.09. The second kappa shape index (κ2) is 8.93. The van der Waals surface area contributed by atoms with Gasteiger partial charge in [-0.25, -0.2) is 8.42 Å². The minimum absolute atomic E-state index is 0.0286. The molecule has 6 nitrogen and oxygen atoms in total. The number of piperidine rings is 1. The summed E-state index contributed by atoms with van der Waals surface area (Å²) in [5, 5.41) is 3.12. The SMILES string of the molecule is O=S(=O)(c1ccc(Cl)c(NC(=S)N2CCCC(C(F)(F)F)C2)c1)N1CCOCC1. The third kappa shape index (κ3) is 5.32. The Morgan fingerprint density at radius 2 is 1.93 bits per heavy atom. The van der Waals surface area contributed by atoms with Gasteiger partial charge in [-0.05, 0) is 43.3 Å². The Kier molecular flexibility index (Phi) is 6.94. The van der Waals surface area contributed by atoms with Gasteiger partial charge in [0.2, 0.25) is 10.0 Å². The fourth-order valence-corrected chi connectivity index (χ4v) is 5.19. The predicted molar refractivity (Wildman–Crippen MR) is 108 cm³/mol. The lowest BCUT2D eigenvalue weighted by Crippen LogP contribution is -2.46. The Bertz CT molecular complexity index is 861. The van der Waals surface area contributed by atoms with Gasteiger partial charge in [-0.1, -0.05) is 11.6 Å². The van der Waals surface area contributed by atoms with Crippen molar-refractivity contribution in [1.29, 1.82) is 0 Å². The number of rotatable bonds is 3. The molecule has 2 aliphatic heterocycles. The molecule has 0 saturated carbocycles. The molecular formula is C17H21ClF3N3O3S2. The van der Waals surface area contributed by atoms with Gasteiger partial charge in [-0.2, -0.15) is 17.5 Å². The van der Waals surface area contributed by atoms with Crippen molar-refractivity contribution in [2.24, 2.45) is 5.92 Å². The molecule has 2 heterocycles. The molecule has 0 amide bonds. The molecule has 3 rings (SSSR count). The zero-order chi connectivity index (χ0) is 21.2. The minimum atomic E-state index is -4.28. The van der Waals surface area contributed by atoms with E-state index in [0.29, 0.717) is 26.2 Å². The lowest BCUT2D eigenvalue weighted by Gasteiger charge is -2.35. The molecule has 1 N–H and O–H groups in total. The number of nitrogens with one attached hydrogen (secondary N) is 1. The Morgan fingerprint density at radius 3 is 2.59 bits per heavy atom. The van der Waals surface area contributed by atoms with Gasteiger partial charge in [0.05, 0.1) is 34.7 Å². The van der Waals surface area contributed by atoms with Crippen molar-refractivity contribution in [2.45, 2.75) is 23.9 Å². The molecule has 0 spiro atoms. The maximum atomic E-state index is 13.0. The van der Waals surface area contributed by atoms with E-state index in [4.69, 9.17) is 28.6 Å². The molecule has 2 fully saturated rings. The second-order valence-electron chi connectivity index (χ2n) is 6.92. The normalized spacial score (nSPS) is 21.8. The van der Waals surface area contributed by atoms with Gasteiger partial charge in [-0.3, -0.25) is 0 Å². The molecule has 162 valence electrons. The van der Waals surface area contributed by atoms with E-state index in [2.05, 4.69) is 5.32 Å². The van der Waals surface area contributed by atoms with E-state index >= 15 is 0 Å². The molecule has 2 aliphatic rings. The molecule has 0 bridgehead atoms. The predicted octanol–water partition coefficient (Wildman–Crippen LogP) is 3.33. The van der Waals surface area contributed by atoms with Gasteiger partial charge >= 0.3 is 6.18 Å². The van der Waals surface area contributed by atoms with Crippen LogP contribution >= 0.6 is 23.8 Å². The first-order valence-corrected chi connectivity index (χ1v) is 11.3. The molecule has 0 radical (unpaired) electrons. The first-order chi connectivity index (χ1) is 13.6. The van der Waals surface area contributed by atoms with Crippen LogP contribution in [0.5, 0.6) is 0 Å². The van der Waals surface area contributed by atoms with E-state index in [0.717, 1.165) is 0 Å². The van der Waals surface area contributed by atoms with Gasteiger partial charge in [-0.15, -0.1) is 0 Å². The van der Waals surface area contributed by atoms with Crippen molar-refractivity contribution in [2.75, 3.05) is 44.7 Å². The van der Waals surface area contributed by atoms with E-state index in [-0.39, 0.29) is 46.8 Å². The van der Waals surface area contributed by atoms with Crippen LogP contribution in [0.15, 0.2) is 23.1 Å². The zero-order valence-electron chi connectivity index (χ0n) is 15.4. The van der Waals surface area contributed by atoms with Crippen LogP contribution in [0.1, 0.15) is 12.8 Å². The van der Waals surface area contributed by atoms with Crippen LogP contribution in [-0.2, 0) is 14.8 Å². The molecule has 1 aromatic rings. The molecule has 1 atom stereocenters. The number of hydrogen-bond acceptors (Lipinski definition) is 4. The van der Waals surface area contributed by atoms with Crippen molar-refractivity contribution in [3.63, 3.8) is 0 Å². The Balaban J connectivity index is 1.75. The fraction of sp³-hybridized carbons (Fsp3) is 0.588. The third-order valence-corrected chi connectivity index (χ3v) is 7.54. The average molecular weight is 472 g/mol. The molecule has 0 aromatic heterocycles. The summed E-state index contributed by atoms with van der Waals surface area (Å²) in [5.41, 5.74) is 0.236. The lowest BCUT2D eigenvalue weighted by atomic mass is 9.98. The summed E-state index contributed by atoms with van der Waals surface area (Å²) in [6.07, 6.45) is -3.85. The highest BCUT2D eigenvalue weighted by molar-refractivity contribution is 7.89. The second-order valence-corrected chi connectivity index (χ2v) is 9.65. The number of halogens is 4. The zero-order valence-corrected chi connectivity index (χ0v) is 17.8. The summed E-state index contributed by atoms with van der Waals surface area (Å²) in [6.45, 7) is 1.28. The van der Waals surface area contributed by atoms with E-state index < -0.39 is 22.1 Å². The fourth-order valence-electron chi connectivity index (χ4n) is 3.32. The Labute approximate surface area is 178 Å². The van der Waals surface area contributed by atoms with E-state index in [9.17, 15) is 21.6 Å². The van der Waals surface area contributed by atoms with Crippen LogP contribution in [0.3, 0.4) is 0 Å². The van der Waals surface area contributed by atoms with Crippen LogP contribution in [0.2, 0.25) is 5.02 Å². The summed E-state index contributed by atoms with van der Waals surface area (Å²) in [6, 6.07) is 4.17. The molecule has 29 heavy (non-hydrogen) atoms. The number of nitrogens with zero attached hydrogens (tertiary/aromatic N) is 2. The van der Waals surface area contributed by atoms with Gasteiger partial charge < -0.3 is 15.0 Å². The first kappa shape index (κ1) is 22.5. The Morgan fingerprint density at radius 1 is 1.24 bits per heavy atom. The highest BCUT2D eigenvalue weighted by Gasteiger charge is 2.42. The summed E-state index contributed by atoms with van der Waals surface area (Å²) in [4.78, 5) is 1.47. The summed E-state index contributed by atoms with van der Waals surface area (Å²) in [7, 11) is -3.74. The quantitative estimate of drug-likeness (QED) is 0.682. The van der Waals surface area contributed by atoms with Crippen LogP contribution < -0.4 is 5.32 Å². The standard InChI is InChI=1S/C17H21ClF3N3O3S2/c18-14-4-3-13(29(25,26)24-6-8-27-9-7-24)10-15(14)22-16(28)23-5-1-2-12(11-23)17(19,20)21/h3-4,10,12H,1-2,5-9,11H2,(H,22,28). The number of sulfonamides is 1. The van der Waals surface area contributed by atoms with Gasteiger partial charge in [0.25, 0.3) is 0 Å². The highest BCUT2D eigenvalue weighted by atomic mass is 35.5. The summed E-state index contributed by atoms with van der Waals surface area (Å²) >= 11 is 11.4. The van der Waals surface area contributed by atoms with Crippen LogP contribution in [0, 0.1) is 5.92 Å². The largest absolute Gasteiger partial charge is 0.393 e. The number of benzene rings is 1. The topological polar surface area (TPSA) is 61.9 Å². The third-order valence-electron chi connectivity index (χ3n) is 4.96. The lowest BCUT2D eigenvalue weighted by molar-refractivity contribution is -0.183. The summed E-state index contributed by atoms with van der Waals surface area (Å²) < 4.78 is 71.3. The number of morpholine rings is 1. The smallest absolute Gasteiger partial charge is 0.379 e. The van der Waals surface area contributed by atoms with Crippen molar-refractivity contribution in [1.82, 2.24) is 9.21 Å². The van der Waals surface area contributed by atoms with Gasteiger partial charge in [0, 0.05) is 26.2 Å². The summed E-state index contributed by atoms with van der Waals surface area (Å²) in [5.74, 6) is -1.44. The molecule has 2 saturated heterocycles. The number of likely N-dealkylation sites (tertiary alicyclic amines) is 1. The Hall–Kier alpha value is -1.14. The van der Waals surface area contributed by atoms with Gasteiger partial charge in [0.15, 0.2) is 5.11 Å². The number of alkyl halides is 3. The van der Waals surface area contributed by atoms with Crippen LogP contribution in [0.25, 0.3) is 0 Å². The highest BCUT2D eigenvalue weighted by Crippen LogP contribution is 2.34. The van der Waals surface area contributed by atoms with Crippen molar-refractivity contribution >= 4 is 44.6 Å². The minimum Gasteiger partial charge on any atom is -0.379 e. The van der Waals surface area contributed by atoms with E-state index in [1.54, 1.807) is 0 Å². The average Bonchev–Trinajstić information content (AvgIpc) is 2.69. The molecular weight excluding hydrogens is 451 g/mol. The molecule has 12 heteroatoms. The molecule has 1 aromatic carbocycles.